The van der Waals surface area contributed by atoms with Gasteiger partial charge in [-0.05, 0) is 11.4 Å². The maximum atomic E-state index is 11.4. The molecule has 8 heteroatoms. The number of carbonyl (C=O) groups is 2. The Balaban J connectivity index is 2.33. The minimum Gasteiger partial charge on any atom is -0.476 e. The van der Waals surface area contributed by atoms with E-state index >= 15 is 0 Å². The van der Waals surface area contributed by atoms with Crippen LogP contribution in [0.15, 0.2) is 17.5 Å². The number of hydrogen-bond donors (Lipinski definition) is 2. The first-order valence-electron chi connectivity index (χ1n) is 5.50. The zero-order valence-corrected chi connectivity index (χ0v) is 11.0. The molecule has 2 heterocycles. The van der Waals surface area contributed by atoms with E-state index in [1.165, 1.54) is 23.1 Å². The van der Waals surface area contributed by atoms with E-state index in [1.54, 1.807) is 0 Å². The van der Waals surface area contributed by atoms with Gasteiger partial charge >= 0.3 is 5.97 Å². The van der Waals surface area contributed by atoms with Crippen LogP contribution < -0.4 is 5.32 Å². The zero-order valence-electron chi connectivity index (χ0n) is 10.2. The van der Waals surface area contributed by atoms with Gasteiger partial charge in [0.1, 0.15) is 6.54 Å². The summed E-state index contributed by atoms with van der Waals surface area (Å²) < 4.78 is 1.32. The molecule has 0 aromatic carbocycles. The van der Waals surface area contributed by atoms with Crippen LogP contribution in [0.3, 0.4) is 0 Å². The molecule has 100 valence electrons. The number of hydrogen-bond acceptors (Lipinski definition) is 5. The minimum atomic E-state index is -1.14. The molecule has 7 nitrogen and oxygen atoms in total. The van der Waals surface area contributed by atoms with Gasteiger partial charge < -0.3 is 10.4 Å². The Bertz CT molecular complexity index is 591. The van der Waals surface area contributed by atoms with E-state index in [9.17, 15) is 9.59 Å². The lowest BCUT2D eigenvalue weighted by atomic mass is 10.2. The van der Waals surface area contributed by atoms with Gasteiger partial charge in [0.25, 0.3) is 0 Å². The van der Waals surface area contributed by atoms with Gasteiger partial charge in [-0.15, -0.1) is 16.4 Å². The standard InChI is InChI=1S/C11H12N4O3S/c1-12-9(16)6-15-8(5-7-3-2-4-19-7)10(11(17)18)13-14-15/h2-4H,5-6H2,1H3,(H,12,16)(H,17,18). The van der Waals surface area contributed by atoms with Crippen molar-refractivity contribution in [3.63, 3.8) is 0 Å². The predicted molar refractivity (Wildman–Crippen MR) is 68.2 cm³/mol. The van der Waals surface area contributed by atoms with Gasteiger partial charge in [-0.3, -0.25) is 4.79 Å². The number of carboxylic acid groups (broad SMARTS) is 1. The Morgan fingerprint density at radius 2 is 2.32 bits per heavy atom. The summed E-state index contributed by atoms with van der Waals surface area (Å²) in [6, 6.07) is 3.78. The number of likely N-dealkylation sites (N-methyl/N-ethyl adjacent to an activating group) is 1. The molecule has 0 atom stereocenters. The Labute approximate surface area is 112 Å². The van der Waals surface area contributed by atoms with Crippen LogP contribution in [0, 0.1) is 0 Å². The smallest absolute Gasteiger partial charge is 0.358 e. The van der Waals surface area contributed by atoms with Crippen molar-refractivity contribution in [3.05, 3.63) is 33.8 Å². The molecule has 2 aromatic heterocycles. The van der Waals surface area contributed by atoms with Crippen LogP contribution in [0.1, 0.15) is 21.1 Å². The number of rotatable bonds is 5. The van der Waals surface area contributed by atoms with E-state index in [2.05, 4.69) is 15.6 Å². The van der Waals surface area contributed by atoms with Gasteiger partial charge in [0.05, 0.1) is 5.69 Å². The van der Waals surface area contributed by atoms with Crippen LogP contribution >= 0.6 is 11.3 Å². The highest BCUT2D eigenvalue weighted by atomic mass is 32.1. The molecule has 2 N–H and O–H groups in total. The average molecular weight is 280 g/mol. The molecule has 0 aliphatic carbocycles. The summed E-state index contributed by atoms with van der Waals surface area (Å²) in [6.45, 7) is -0.0442. The topological polar surface area (TPSA) is 97.1 Å². The summed E-state index contributed by atoms with van der Waals surface area (Å²) in [5, 5.41) is 20.8. The summed E-state index contributed by atoms with van der Waals surface area (Å²) in [4.78, 5) is 23.5. The van der Waals surface area contributed by atoms with Gasteiger partial charge in [-0.1, -0.05) is 11.3 Å². The van der Waals surface area contributed by atoms with Crippen molar-refractivity contribution in [2.75, 3.05) is 7.05 Å². The van der Waals surface area contributed by atoms with E-state index < -0.39 is 5.97 Å². The first-order valence-corrected chi connectivity index (χ1v) is 6.38. The lowest BCUT2D eigenvalue weighted by Gasteiger charge is -2.05. The van der Waals surface area contributed by atoms with Gasteiger partial charge in [0.2, 0.25) is 5.91 Å². The number of aromatic nitrogens is 3. The van der Waals surface area contributed by atoms with Crippen molar-refractivity contribution in [2.45, 2.75) is 13.0 Å². The first-order chi connectivity index (χ1) is 9.11. The van der Waals surface area contributed by atoms with Crippen molar-refractivity contribution in [1.82, 2.24) is 20.3 Å². The van der Waals surface area contributed by atoms with E-state index in [0.29, 0.717) is 12.1 Å². The summed E-state index contributed by atoms with van der Waals surface area (Å²) in [6.07, 6.45) is 0.392. The quantitative estimate of drug-likeness (QED) is 0.825. The highest BCUT2D eigenvalue weighted by Crippen LogP contribution is 2.17. The van der Waals surface area contributed by atoms with Crippen LogP contribution in [0.5, 0.6) is 0 Å². The summed E-state index contributed by atoms with van der Waals surface area (Å²) in [5.41, 5.74) is 0.316. The second kappa shape index (κ2) is 5.61. The Morgan fingerprint density at radius 1 is 1.53 bits per heavy atom. The second-order valence-corrected chi connectivity index (χ2v) is 4.81. The van der Waals surface area contributed by atoms with Crippen LogP contribution in [0.25, 0.3) is 0 Å². The predicted octanol–water partition coefficient (Wildman–Crippen LogP) is 0.375. The van der Waals surface area contributed by atoms with E-state index in [1.807, 2.05) is 17.5 Å². The average Bonchev–Trinajstić information content (AvgIpc) is 3.00. The van der Waals surface area contributed by atoms with E-state index in [-0.39, 0.29) is 18.1 Å². The molecular weight excluding hydrogens is 268 g/mol. The number of thiophene rings is 1. The molecule has 0 aliphatic rings. The number of carboxylic acids is 1. The summed E-state index contributed by atoms with van der Waals surface area (Å²) in [5.74, 6) is -1.40. The van der Waals surface area contributed by atoms with Gasteiger partial charge in [-0.25, -0.2) is 9.48 Å². The van der Waals surface area contributed by atoms with Gasteiger partial charge in [-0.2, -0.15) is 0 Å². The first kappa shape index (κ1) is 13.2. The molecule has 2 aromatic rings. The third kappa shape index (κ3) is 2.97. The fourth-order valence-corrected chi connectivity index (χ4v) is 2.30. The highest BCUT2D eigenvalue weighted by molar-refractivity contribution is 7.09. The summed E-state index contributed by atoms with van der Waals surface area (Å²) in [7, 11) is 1.51. The Kier molecular flexibility index (Phi) is 3.91. The number of carbonyl (C=O) groups excluding carboxylic acids is 1. The Morgan fingerprint density at radius 3 is 2.89 bits per heavy atom. The zero-order chi connectivity index (χ0) is 13.8. The maximum Gasteiger partial charge on any atom is 0.358 e. The van der Waals surface area contributed by atoms with Crippen LogP contribution in [-0.2, 0) is 17.8 Å². The highest BCUT2D eigenvalue weighted by Gasteiger charge is 2.20. The molecule has 0 radical (unpaired) electrons. The molecule has 0 saturated carbocycles. The molecule has 0 aliphatic heterocycles. The van der Waals surface area contributed by atoms with Crippen molar-refractivity contribution < 1.29 is 14.7 Å². The van der Waals surface area contributed by atoms with E-state index in [4.69, 9.17) is 5.11 Å². The van der Waals surface area contributed by atoms with Crippen LogP contribution in [0.4, 0.5) is 0 Å². The van der Waals surface area contributed by atoms with Crippen LogP contribution in [0.2, 0.25) is 0 Å². The normalized spacial score (nSPS) is 10.4. The van der Waals surface area contributed by atoms with E-state index in [0.717, 1.165) is 4.88 Å². The largest absolute Gasteiger partial charge is 0.476 e. The Hall–Kier alpha value is -2.22. The van der Waals surface area contributed by atoms with Gasteiger partial charge in [0, 0.05) is 18.3 Å². The third-order valence-electron chi connectivity index (χ3n) is 2.53. The molecule has 0 bridgehead atoms. The number of amides is 1. The molecule has 1 amide bonds. The fourth-order valence-electron chi connectivity index (χ4n) is 1.59. The molecule has 0 fully saturated rings. The van der Waals surface area contributed by atoms with Crippen molar-refractivity contribution >= 4 is 23.2 Å². The number of nitrogens with one attached hydrogen (secondary N) is 1. The second-order valence-electron chi connectivity index (χ2n) is 3.78. The molecule has 0 unspecified atom stereocenters. The van der Waals surface area contributed by atoms with Crippen molar-refractivity contribution in [3.8, 4) is 0 Å². The molecular formula is C11H12N4O3S. The lowest BCUT2D eigenvalue weighted by molar-refractivity contribution is -0.121. The number of aromatic carboxylic acids is 1. The van der Waals surface area contributed by atoms with Gasteiger partial charge in [0.15, 0.2) is 5.69 Å². The minimum absolute atomic E-state index is 0.0442. The van der Waals surface area contributed by atoms with Crippen molar-refractivity contribution in [2.24, 2.45) is 0 Å². The molecule has 0 spiro atoms. The molecule has 19 heavy (non-hydrogen) atoms. The summed E-state index contributed by atoms with van der Waals surface area (Å²) >= 11 is 1.51. The van der Waals surface area contributed by atoms with Crippen molar-refractivity contribution in [1.29, 1.82) is 0 Å². The third-order valence-corrected chi connectivity index (χ3v) is 3.41. The molecule has 2 rings (SSSR count). The number of nitrogens with zero attached hydrogens (tertiary/aromatic N) is 3. The van der Waals surface area contributed by atoms with Crippen LogP contribution in [-0.4, -0.2) is 39.0 Å². The monoisotopic (exact) mass is 280 g/mol. The molecule has 0 saturated heterocycles. The fraction of sp³-hybridized carbons (Fsp3) is 0.273. The lowest BCUT2D eigenvalue weighted by Crippen LogP contribution is -2.25. The maximum absolute atomic E-state index is 11.4. The SMILES string of the molecule is CNC(=O)Cn1nnc(C(=O)O)c1Cc1cccs1.